The Morgan fingerprint density at radius 1 is 1.04 bits per heavy atom. The molecule has 138 valence electrons. The first kappa shape index (κ1) is 17.0. The second-order valence-corrected chi connectivity index (χ2v) is 6.12. The van der Waals surface area contributed by atoms with Crippen LogP contribution >= 0.6 is 0 Å². The minimum Gasteiger partial charge on any atom is -0.493 e. The van der Waals surface area contributed by atoms with Gasteiger partial charge in [-0.05, 0) is 36.8 Å². The highest BCUT2D eigenvalue weighted by Crippen LogP contribution is 2.36. The van der Waals surface area contributed by atoms with Crippen LogP contribution in [0.3, 0.4) is 0 Å². The Bertz CT molecular complexity index is 1110. The van der Waals surface area contributed by atoms with Gasteiger partial charge in [-0.25, -0.2) is 4.39 Å². The molecule has 1 unspecified atom stereocenters. The fourth-order valence-electron chi connectivity index (χ4n) is 3.05. The van der Waals surface area contributed by atoms with Crippen molar-refractivity contribution >= 4 is 22.2 Å². The number of ether oxygens (including phenoxy) is 2. The molecule has 4 aromatic rings. The number of methoxy groups -OCH3 is 2. The maximum atomic E-state index is 13.2. The van der Waals surface area contributed by atoms with Gasteiger partial charge in [0.05, 0.1) is 20.3 Å². The van der Waals surface area contributed by atoms with Crippen molar-refractivity contribution in [3.63, 3.8) is 0 Å². The summed E-state index contributed by atoms with van der Waals surface area (Å²) in [5.41, 5.74) is 1.56. The highest BCUT2D eigenvalue weighted by atomic mass is 19.1. The lowest BCUT2D eigenvalue weighted by Crippen LogP contribution is -2.10. The van der Waals surface area contributed by atoms with E-state index in [0.29, 0.717) is 23.0 Å². The van der Waals surface area contributed by atoms with Crippen LogP contribution in [-0.2, 0) is 0 Å². The van der Waals surface area contributed by atoms with Crippen molar-refractivity contribution in [2.75, 3.05) is 19.5 Å². The van der Waals surface area contributed by atoms with Crippen molar-refractivity contribution in [2.24, 2.45) is 0 Å². The van der Waals surface area contributed by atoms with Crippen LogP contribution in [-0.4, -0.2) is 34.0 Å². The van der Waals surface area contributed by atoms with Gasteiger partial charge in [-0.15, -0.1) is 15.3 Å². The van der Waals surface area contributed by atoms with Crippen molar-refractivity contribution in [3.8, 4) is 11.5 Å². The van der Waals surface area contributed by atoms with E-state index < -0.39 is 0 Å². The van der Waals surface area contributed by atoms with Crippen LogP contribution in [0, 0.1) is 5.82 Å². The molecule has 0 aliphatic rings. The molecule has 0 amide bonds. The third-order valence-corrected chi connectivity index (χ3v) is 4.48. The second-order valence-electron chi connectivity index (χ2n) is 6.12. The summed E-state index contributed by atoms with van der Waals surface area (Å²) in [5.74, 6) is 1.55. The summed E-state index contributed by atoms with van der Waals surface area (Å²) in [6.07, 6.45) is 1.54. The smallest absolute Gasteiger partial charge is 0.185 e. The van der Waals surface area contributed by atoms with Crippen LogP contribution in [0.5, 0.6) is 11.5 Å². The van der Waals surface area contributed by atoms with E-state index in [-0.39, 0.29) is 11.9 Å². The van der Waals surface area contributed by atoms with Crippen molar-refractivity contribution in [3.05, 3.63) is 54.1 Å². The third kappa shape index (κ3) is 2.99. The maximum absolute atomic E-state index is 13.2. The Morgan fingerprint density at radius 3 is 2.37 bits per heavy atom. The maximum Gasteiger partial charge on any atom is 0.185 e. The number of nitrogens with zero attached hydrogens (tertiary/aromatic N) is 4. The number of halogens is 1. The molecule has 0 aliphatic carbocycles. The Kier molecular flexibility index (Phi) is 4.23. The molecule has 2 heterocycles. The van der Waals surface area contributed by atoms with Crippen LogP contribution in [0.4, 0.5) is 10.2 Å². The number of benzene rings is 2. The molecule has 0 fully saturated rings. The predicted octanol–water partition coefficient (Wildman–Crippen LogP) is 3.61. The van der Waals surface area contributed by atoms with Gasteiger partial charge in [0.25, 0.3) is 0 Å². The van der Waals surface area contributed by atoms with E-state index >= 15 is 0 Å². The molecule has 4 rings (SSSR count). The van der Waals surface area contributed by atoms with Crippen LogP contribution in [0.25, 0.3) is 16.4 Å². The lowest BCUT2D eigenvalue weighted by atomic mass is 10.1. The number of hydrogen-bond donors (Lipinski definition) is 1. The lowest BCUT2D eigenvalue weighted by Gasteiger charge is -2.18. The monoisotopic (exact) mass is 367 g/mol. The number of aromatic nitrogens is 4. The van der Waals surface area contributed by atoms with Crippen LogP contribution in [0.1, 0.15) is 18.5 Å². The molecule has 0 bridgehead atoms. The van der Waals surface area contributed by atoms with E-state index in [1.165, 1.54) is 12.1 Å². The average molecular weight is 367 g/mol. The van der Waals surface area contributed by atoms with Gasteiger partial charge in [0.1, 0.15) is 12.1 Å². The lowest BCUT2D eigenvalue weighted by molar-refractivity contribution is 0.356. The predicted molar refractivity (Wildman–Crippen MR) is 99.8 cm³/mol. The van der Waals surface area contributed by atoms with Gasteiger partial charge in [0.2, 0.25) is 0 Å². The molecule has 1 atom stereocenters. The molecular formula is C19H18FN5O2. The molecule has 0 aliphatic heterocycles. The molecule has 0 radical (unpaired) electrons. The minimum atomic E-state index is -0.266. The molecule has 0 spiro atoms. The standard InChI is InChI=1S/C19H18FN5O2/c1-11(12-4-6-13(20)7-5-12)22-18-14-8-16(26-2)17(27-3)9-15(14)19-23-21-10-25(19)24-18/h4-11H,1-3H3,(H,22,24). The third-order valence-electron chi connectivity index (χ3n) is 4.48. The van der Waals surface area contributed by atoms with Gasteiger partial charge in [-0.3, -0.25) is 0 Å². The molecule has 2 aromatic carbocycles. The Morgan fingerprint density at radius 2 is 1.70 bits per heavy atom. The highest BCUT2D eigenvalue weighted by Gasteiger charge is 2.17. The number of anilines is 1. The second kappa shape index (κ2) is 6.71. The first-order chi connectivity index (χ1) is 13.1. The van der Waals surface area contributed by atoms with Gasteiger partial charge < -0.3 is 14.8 Å². The number of fused-ring (bicyclic) bond motifs is 3. The summed E-state index contributed by atoms with van der Waals surface area (Å²) in [7, 11) is 3.17. The number of rotatable bonds is 5. The molecule has 2 aromatic heterocycles. The molecule has 8 heteroatoms. The van der Waals surface area contributed by atoms with E-state index in [1.807, 2.05) is 19.1 Å². The molecule has 0 saturated carbocycles. The number of nitrogens with one attached hydrogen (secondary N) is 1. The van der Waals surface area contributed by atoms with Gasteiger partial charge in [0.15, 0.2) is 23.0 Å². The zero-order valence-corrected chi connectivity index (χ0v) is 15.1. The summed E-state index contributed by atoms with van der Waals surface area (Å²) in [4.78, 5) is 0. The molecule has 27 heavy (non-hydrogen) atoms. The quantitative estimate of drug-likeness (QED) is 0.581. The zero-order chi connectivity index (χ0) is 19.0. The van der Waals surface area contributed by atoms with E-state index in [9.17, 15) is 4.39 Å². The summed E-state index contributed by atoms with van der Waals surface area (Å²) < 4.78 is 25.7. The largest absolute Gasteiger partial charge is 0.493 e. The molecular weight excluding hydrogens is 349 g/mol. The fraction of sp³-hybridized carbons (Fsp3) is 0.211. The molecule has 1 N–H and O–H groups in total. The summed E-state index contributed by atoms with van der Waals surface area (Å²) >= 11 is 0. The normalized spacial score (nSPS) is 12.3. The van der Waals surface area contributed by atoms with Crippen LogP contribution in [0.2, 0.25) is 0 Å². The molecule has 7 nitrogen and oxygen atoms in total. The highest BCUT2D eigenvalue weighted by molar-refractivity contribution is 6.01. The van der Waals surface area contributed by atoms with E-state index in [4.69, 9.17) is 9.47 Å². The van der Waals surface area contributed by atoms with Crippen molar-refractivity contribution < 1.29 is 13.9 Å². The average Bonchev–Trinajstić information content (AvgIpc) is 3.16. The Hall–Kier alpha value is -3.42. The first-order valence-electron chi connectivity index (χ1n) is 8.38. The SMILES string of the molecule is COc1cc2c(NC(C)c3ccc(F)cc3)nn3cnnc3c2cc1OC. The van der Waals surface area contributed by atoms with Gasteiger partial charge in [-0.2, -0.15) is 4.52 Å². The van der Waals surface area contributed by atoms with Crippen molar-refractivity contribution in [1.29, 1.82) is 0 Å². The van der Waals surface area contributed by atoms with Gasteiger partial charge in [0, 0.05) is 10.8 Å². The first-order valence-corrected chi connectivity index (χ1v) is 8.38. The van der Waals surface area contributed by atoms with Gasteiger partial charge >= 0.3 is 0 Å². The summed E-state index contributed by atoms with van der Waals surface area (Å²) in [6, 6.07) is 9.99. The Labute approximate surface area is 154 Å². The van der Waals surface area contributed by atoms with E-state index in [2.05, 4.69) is 20.6 Å². The van der Waals surface area contributed by atoms with Crippen LogP contribution < -0.4 is 14.8 Å². The molecule has 0 saturated heterocycles. The van der Waals surface area contributed by atoms with E-state index in [0.717, 1.165) is 16.3 Å². The van der Waals surface area contributed by atoms with Crippen molar-refractivity contribution in [1.82, 2.24) is 19.8 Å². The van der Waals surface area contributed by atoms with Crippen molar-refractivity contribution in [2.45, 2.75) is 13.0 Å². The minimum absolute atomic E-state index is 0.0941. The summed E-state index contributed by atoms with van der Waals surface area (Å²) in [5, 5.41) is 17.7. The van der Waals surface area contributed by atoms with Gasteiger partial charge in [-0.1, -0.05) is 12.1 Å². The zero-order valence-electron chi connectivity index (χ0n) is 15.1. The van der Waals surface area contributed by atoms with Crippen LogP contribution in [0.15, 0.2) is 42.7 Å². The fourth-order valence-corrected chi connectivity index (χ4v) is 3.05. The topological polar surface area (TPSA) is 73.6 Å². The number of hydrogen-bond acceptors (Lipinski definition) is 6. The summed E-state index contributed by atoms with van der Waals surface area (Å²) in [6.45, 7) is 1.98. The van der Waals surface area contributed by atoms with E-state index in [1.54, 1.807) is 37.2 Å². The Balaban J connectivity index is 1.86.